The van der Waals surface area contributed by atoms with Crippen molar-refractivity contribution in [3.05, 3.63) is 60.2 Å². The highest BCUT2D eigenvalue weighted by Crippen LogP contribution is 2.34. The molecule has 0 N–H and O–H groups in total. The number of allylic oxidation sites excluding steroid dienone is 2. The van der Waals surface area contributed by atoms with Crippen LogP contribution in [-0.4, -0.2) is 59.6 Å². The molecule has 144 valence electrons. The van der Waals surface area contributed by atoms with Gasteiger partial charge in [0.25, 0.3) is 5.91 Å². The van der Waals surface area contributed by atoms with Crippen molar-refractivity contribution >= 4 is 34.8 Å². The molecule has 1 aromatic rings. The summed E-state index contributed by atoms with van der Waals surface area (Å²) < 4.78 is 5.05. The van der Waals surface area contributed by atoms with Crippen molar-refractivity contribution < 1.29 is 9.53 Å². The first kappa shape index (κ1) is 18.8. The molecule has 28 heavy (non-hydrogen) atoms. The van der Waals surface area contributed by atoms with Gasteiger partial charge in [-0.1, -0.05) is 66.4 Å². The SMILES string of the molecule is COCCCN=CC1C(=O)N(C2=N[C@@H]3C=CC=C[C@@H]3S2)N=C1c1ccccc1. The van der Waals surface area contributed by atoms with Crippen molar-refractivity contribution in [3.8, 4) is 0 Å². The van der Waals surface area contributed by atoms with Crippen LogP contribution >= 0.6 is 11.8 Å². The fourth-order valence-corrected chi connectivity index (χ4v) is 4.37. The minimum atomic E-state index is -0.498. The molecule has 0 aromatic heterocycles. The third-order valence-electron chi connectivity index (χ3n) is 4.68. The Bertz CT molecular complexity index is 876. The number of rotatable bonds is 6. The van der Waals surface area contributed by atoms with Crippen LogP contribution in [0, 0.1) is 5.92 Å². The highest BCUT2D eigenvalue weighted by Gasteiger charge is 2.41. The Hall–Kier alpha value is -2.51. The van der Waals surface area contributed by atoms with E-state index in [0.29, 0.717) is 24.0 Å². The normalized spacial score (nSPS) is 26.1. The monoisotopic (exact) mass is 394 g/mol. The zero-order chi connectivity index (χ0) is 19.3. The number of hydrogen-bond donors (Lipinski definition) is 0. The number of ether oxygens (including phenoxy) is 1. The number of thioether (sulfide) groups is 1. The molecular weight excluding hydrogens is 372 g/mol. The van der Waals surface area contributed by atoms with Crippen LogP contribution in [0.3, 0.4) is 0 Å². The van der Waals surface area contributed by atoms with E-state index in [-0.39, 0.29) is 17.2 Å². The highest BCUT2D eigenvalue weighted by atomic mass is 32.2. The number of aliphatic imine (C=N–C) groups is 2. The van der Waals surface area contributed by atoms with Gasteiger partial charge in [-0.15, -0.1) is 0 Å². The van der Waals surface area contributed by atoms with Gasteiger partial charge in [-0.2, -0.15) is 10.1 Å². The van der Waals surface area contributed by atoms with Gasteiger partial charge in [0.1, 0.15) is 5.92 Å². The van der Waals surface area contributed by atoms with E-state index >= 15 is 0 Å². The summed E-state index contributed by atoms with van der Waals surface area (Å²) in [6.45, 7) is 1.27. The molecule has 3 atom stereocenters. The number of fused-ring (bicyclic) bond motifs is 1. The van der Waals surface area contributed by atoms with Crippen molar-refractivity contribution in [1.29, 1.82) is 0 Å². The van der Waals surface area contributed by atoms with Gasteiger partial charge >= 0.3 is 0 Å². The van der Waals surface area contributed by atoms with Gasteiger partial charge in [0.05, 0.1) is 17.0 Å². The number of hydrogen-bond acceptors (Lipinski definition) is 6. The second kappa shape index (κ2) is 8.67. The second-order valence-corrected chi connectivity index (χ2v) is 7.78. The van der Waals surface area contributed by atoms with Gasteiger partial charge in [-0.05, 0) is 12.0 Å². The molecular formula is C21H22N4O2S. The topological polar surface area (TPSA) is 66.6 Å². The molecule has 1 aromatic carbocycles. The van der Waals surface area contributed by atoms with Gasteiger partial charge in [0.2, 0.25) is 0 Å². The number of methoxy groups -OCH3 is 1. The predicted octanol–water partition coefficient (Wildman–Crippen LogP) is 2.92. The average Bonchev–Trinajstić information content (AvgIpc) is 3.30. The third-order valence-corrected chi connectivity index (χ3v) is 5.87. The zero-order valence-electron chi connectivity index (χ0n) is 15.6. The molecule has 1 unspecified atom stereocenters. The highest BCUT2D eigenvalue weighted by molar-refractivity contribution is 8.14. The Morgan fingerprint density at radius 1 is 1.25 bits per heavy atom. The molecule has 0 radical (unpaired) electrons. The fourth-order valence-electron chi connectivity index (χ4n) is 3.25. The summed E-state index contributed by atoms with van der Waals surface area (Å²) in [5.74, 6) is -0.603. The minimum Gasteiger partial charge on any atom is -0.385 e. The molecule has 3 aliphatic rings. The Kier molecular flexibility index (Phi) is 5.83. The van der Waals surface area contributed by atoms with E-state index in [1.807, 2.05) is 42.5 Å². The molecule has 0 spiro atoms. The standard InChI is InChI=1S/C21H22N4O2S/c1-27-13-7-12-22-14-16-19(15-8-3-2-4-9-15)24-25(20(16)26)21-23-17-10-5-6-11-18(17)28-21/h2-6,8-11,14,16-18H,7,12-13H2,1H3/t16?,17-,18+/m1/s1. The van der Waals surface area contributed by atoms with Crippen molar-refractivity contribution in [2.45, 2.75) is 17.7 Å². The Balaban J connectivity index is 1.58. The lowest BCUT2D eigenvalue weighted by atomic mass is 9.98. The quantitative estimate of drug-likeness (QED) is 0.550. The van der Waals surface area contributed by atoms with E-state index in [0.717, 1.165) is 12.0 Å². The van der Waals surface area contributed by atoms with Crippen molar-refractivity contribution in [1.82, 2.24) is 5.01 Å². The molecule has 0 saturated carbocycles. The van der Waals surface area contributed by atoms with Crippen molar-refractivity contribution in [2.75, 3.05) is 20.3 Å². The molecule has 2 heterocycles. The van der Waals surface area contributed by atoms with Gasteiger partial charge in [-0.25, -0.2) is 0 Å². The smallest absolute Gasteiger partial charge is 0.263 e. The predicted molar refractivity (Wildman–Crippen MR) is 114 cm³/mol. The van der Waals surface area contributed by atoms with Gasteiger partial charge in [-0.3, -0.25) is 14.8 Å². The van der Waals surface area contributed by atoms with Crippen LogP contribution in [0.5, 0.6) is 0 Å². The minimum absolute atomic E-state index is 0.0648. The summed E-state index contributed by atoms with van der Waals surface area (Å²) in [6, 6.07) is 9.85. The van der Waals surface area contributed by atoms with Crippen LogP contribution in [0.1, 0.15) is 12.0 Å². The van der Waals surface area contributed by atoms with E-state index in [9.17, 15) is 4.79 Å². The maximum Gasteiger partial charge on any atom is 0.263 e. The van der Waals surface area contributed by atoms with Crippen LogP contribution in [0.4, 0.5) is 0 Å². The number of carbonyl (C=O) groups is 1. The molecule has 4 rings (SSSR count). The summed E-state index contributed by atoms with van der Waals surface area (Å²) in [6.07, 6.45) is 10.7. The fraction of sp³-hybridized carbons (Fsp3) is 0.333. The lowest BCUT2D eigenvalue weighted by Gasteiger charge is -2.12. The number of nitrogens with zero attached hydrogens (tertiary/aromatic N) is 4. The first-order valence-corrected chi connectivity index (χ1v) is 10.2. The van der Waals surface area contributed by atoms with E-state index in [4.69, 9.17) is 9.73 Å². The Morgan fingerprint density at radius 2 is 2.07 bits per heavy atom. The van der Waals surface area contributed by atoms with Gasteiger partial charge in [0, 0.05) is 26.5 Å². The van der Waals surface area contributed by atoms with Crippen LogP contribution in [0.2, 0.25) is 0 Å². The third kappa shape index (κ3) is 3.86. The van der Waals surface area contributed by atoms with E-state index in [1.165, 1.54) is 5.01 Å². The lowest BCUT2D eigenvalue weighted by molar-refractivity contribution is -0.126. The van der Waals surface area contributed by atoms with Crippen LogP contribution in [0.15, 0.2) is 69.7 Å². The molecule has 0 fully saturated rings. The van der Waals surface area contributed by atoms with Gasteiger partial charge in [0.15, 0.2) is 5.17 Å². The van der Waals surface area contributed by atoms with E-state index in [2.05, 4.69) is 22.2 Å². The van der Waals surface area contributed by atoms with E-state index < -0.39 is 5.92 Å². The number of hydrazone groups is 1. The molecule has 6 nitrogen and oxygen atoms in total. The summed E-state index contributed by atoms with van der Waals surface area (Å²) in [5, 5.41) is 7.00. The molecule has 1 amide bonds. The maximum absolute atomic E-state index is 13.2. The van der Waals surface area contributed by atoms with Crippen molar-refractivity contribution in [2.24, 2.45) is 21.0 Å². The van der Waals surface area contributed by atoms with Crippen LogP contribution < -0.4 is 0 Å². The molecule has 2 aliphatic heterocycles. The molecule has 7 heteroatoms. The van der Waals surface area contributed by atoms with Crippen molar-refractivity contribution in [3.63, 3.8) is 0 Å². The largest absolute Gasteiger partial charge is 0.385 e. The molecule has 0 saturated heterocycles. The summed E-state index contributed by atoms with van der Waals surface area (Å²) in [4.78, 5) is 22.3. The Labute approximate surface area is 168 Å². The first-order valence-electron chi connectivity index (χ1n) is 9.34. The number of benzene rings is 1. The van der Waals surface area contributed by atoms with Gasteiger partial charge < -0.3 is 4.74 Å². The second-order valence-electron chi connectivity index (χ2n) is 6.64. The van der Waals surface area contributed by atoms with E-state index in [1.54, 1.807) is 25.1 Å². The molecule has 0 bridgehead atoms. The summed E-state index contributed by atoms with van der Waals surface area (Å²) in [5.41, 5.74) is 1.64. The summed E-state index contributed by atoms with van der Waals surface area (Å²) in [7, 11) is 1.67. The number of carbonyl (C=O) groups excluding carboxylic acids is 1. The Morgan fingerprint density at radius 3 is 2.86 bits per heavy atom. The number of amidine groups is 1. The lowest BCUT2D eigenvalue weighted by Crippen LogP contribution is -2.31. The summed E-state index contributed by atoms with van der Waals surface area (Å²) >= 11 is 1.58. The molecule has 1 aliphatic carbocycles. The van der Waals surface area contributed by atoms with Crippen LogP contribution in [-0.2, 0) is 9.53 Å². The maximum atomic E-state index is 13.2. The van der Waals surface area contributed by atoms with Crippen LogP contribution in [0.25, 0.3) is 0 Å². The zero-order valence-corrected chi connectivity index (χ0v) is 16.5. The number of amides is 1. The first-order chi connectivity index (χ1) is 13.8. The average molecular weight is 395 g/mol.